The van der Waals surface area contributed by atoms with Crippen molar-refractivity contribution in [3.63, 3.8) is 0 Å². The van der Waals surface area contributed by atoms with E-state index in [0.717, 1.165) is 0 Å². The summed E-state index contributed by atoms with van der Waals surface area (Å²) < 4.78 is 26.5. The van der Waals surface area contributed by atoms with Gasteiger partial charge in [-0.25, -0.2) is 8.42 Å². The van der Waals surface area contributed by atoms with Gasteiger partial charge in [-0.1, -0.05) is 23.2 Å². The van der Waals surface area contributed by atoms with Crippen LogP contribution in [0.15, 0.2) is 18.2 Å². The van der Waals surface area contributed by atoms with E-state index in [0.29, 0.717) is 22.2 Å². The molecule has 0 fully saturated rings. The maximum Gasteiger partial charge on any atom is 0.232 e. The summed E-state index contributed by atoms with van der Waals surface area (Å²) in [4.78, 5) is 0. The molecule has 7 heteroatoms. The molecular weight excluding hydrogens is 295 g/mol. The van der Waals surface area contributed by atoms with E-state index in [-0.39, 0.29) is 12.4 Å². The normalized spacial score (nSPS) is 11.4. The molecule has 1 rings (SSSR count). The van der Waals surface area contributed by atoms with Gasteiger partial charge in [0, 0.05) is 16.7 Å². The van der Waals surface area contributed by atoms with E-state index in [1.807, 2.05) is 0 Å². The van der Waals surface area contributed by atoms with Crippen LogP contribution in [0.25, 0.3) is 0 Å². The molecule has 90 valence electrons. The standard InChI is InChI=1S/C9H9Cl3O3S/c10-8-3-2-7(6-9(8)11)15-4-1-5-16(12,13)14/h2-3,6H,1,4-5H2. The van der Waals surface area contributed by atoms with Crippen LogP contribution in [-0.4, -0.2) is 20.8 Å². The van der Waals surface area contributed by atoms with Gasteiger partial charge in [-0.3, -0.25) is 0 Å². The third-order valence-electron chi connectivity index (χ3n) is 1.69. The Kier molecular flexibility index (Phi) is 5.18. The third kappa shape index (κ3) is 5.25. The molecule has 0 bridgehead atoms. The molecule has 0 N–H and O–H groups in total. The van der Waals surface area contributed by atoms with E-state index in [1.54, 1.807) is 18.2 Å². The van der Waals surface area contributed by atoms with Crippen molar-refractivity contribution in [2.24, 2.45) is 0 Å². The van der Waals surface area contributed by atoms with Gasteiger partial charge in [0.1, 0.15) is 5.75 Å². The maximum absolute atomic E-state index is 10.6. The highest BCUT2D eigenvalue weighted by Gasteiger charge is 2.05. The van der Waals surface area contributed by atoms with Gasteiger partial charge in [-0.15, -0.1) is 0 Å². The summed E-state index contributed by atoms with van der Waals surface area (Å²) in [5.41, 5.74) is 0. The van der Waals surface area contributed by atoms with Crippen LogP contribution >= 0.6 is 33.9 Å². The van der Waals surface area contributed by atoms with Crippen LogP contribution in [0.2, 0.25) is 10.0 Å². The van der Waals surface area contributed by atoms with E-state index < -0.39 is 9.05 Å². The van der Waals surface area contributed by atoms with Crippen molar-refractivity contribution in [2.45, 2.75) is 6.42 Å². The van der Waals surface area contributed by atoms with Crippen molar-refractivity contribution in [3.8, 4) is 5.75 Å². The van der Waals surface area contributed by atoms with E-state index in [4.69, 9.17) is 38.6 Å². The zero-order valence-corrected chi connectivity index (χ0v) is 11.2. The third-order valence-corrected chi connectivity index (χ3v) is 3.67. The molecule has 0 saturated heterocycles. The quantitative estimate of drug-likeness (QED) is 0.619. The minimum Gasteiger partial charge on any atom is -0.494 e. The molecule has 16 heavy (non-hydrogen) atoms. The highest BCUT2D eigenvalue weighted by molar-refractivity contribution is 8.13. The Hall–Kier alpha value is -0.160. The average molecular weight is 304 g/mol. The molecule has 0 aliphatic carbocycles. The van der Waals surface area contributed by atoms with E-state index in [1.165, 1.54) is 0 Å². The Bertz CT molecular complexity index is 459. The SMILES string of the molecule is O=S(=O)(Cl)CCCOc1ccc(Cl)c(Cl)c1. The van der Waals surface area contributed by atoms with Gasteiger partial charge in [0.15, 0.2) is 0 Å². The van der Waals surface area contributed by atoms with Crippen molar-refractivity contribution < 1.29 is 13.2 Å². The minimum atomic E-state index is -3.45. The highest BCUT2D eigenvalue weighted by atomic mass is 35.7. The van der Waals surface area contributed by atoms with Gasteiger partial charge in [0.2, 0.25) is 9.05 Å². The molecule has 0 aliphatic rings. The summed E-state index contributed by atoms with van der Waals surface area (Å²) in [7, 11) is 1.59. The largest absolute Gasteiger partial charge is 0.494 e. The van der Waals surface area contributed by atoms with Crippen molar-refractivity contribution in [2.75, 3.05) is 12.4 Å². The number of halogens is 3. The second-order valence-electron chi connectivity index (χ2n) is 3.02. The Balaban J connectivity index is 2.41. The fourth-order valence-corrected chi connectivity index (χ4v) is 2.07. The molecule has 0 atom stereocenters. The monoisotopic (exact) mass is 302 g/mol. The first-order valence-corrected chi connectivity index (χ1v) is 7.62. The van der Waals surface area contributed by atoms with Crippen molar-refractivity contribution >= 4 is 42.9 Å². The van der Waals surface area contributed by atoms with Crippen LogP contribution in [0.4, 0.5) is 0 Å². The van der Waals surface area contributed by atoms with Crippen molar-refractivity contribution in [3.05, 3.63) is 28.2 Å². The predicted octanol–water partition coefficient (Wildman–Crippen LogP) is 3.33. The van der Waals surface area contributed by atoms with E-state index in [9.17, 15) is 8.42 Å². The van der Waals surface area contributed by atoms with Crippen molar-refractivity contribution in [1.29, 1.82) is 0 Å². The van der Waals surface area contributed by atoms with Crippen LogP contribution in [-0.2, 0) is 9.05 Å². The summed E-state index contributed by atoms with van der Waals surface area (Å²) in [5, 5.41) is 0.835. The molecule has 0 heterocycles. The summed E-state index contributed by atoms with van der Waals surface area (Å²) >= 11 is 11.5. The first-order chi connectivity index (χ1) is 7.38. The molecule has 0 saturated carbocycles. The number of hydrogen-bond donors (Lipinski definition) is 0. The number of benzene rings is 1. The van der Waals surface area contributed by atoms with Crippen LogP contribution in [0.3, 0.4) is 0 Å². The molecule has 0 radical (unpaired) electrons. The van der Waals surface area contributed by atoms with Gasteiger partial charge in [-0.2, -0.15) is 0 Å². The van der Waals surface area contributed by atoms with E-state index >= 15 is 0 Å². The van der Waals surface area contributed by atoms with Gasteiger partial charge in [-0.05, 0) is 18.6 Å². The summed E-state index contributed by atoms with van der Waals surface area (Å²) in [6.45, 7) is 0.254. The molecule has 0 spiro atoms. The Morgan fingerprint density at radius 3 is 2.44 bits per heavy atom. The lowest BCUT2D eigenvalue weighted by Gasteiger charge is -2.06. The smallest absolute Gasteiger partial charge is 0.232 e. The fraction of sp³-hybridized carbons (Fsp3) is 0.333. The van der Waals surface area contributed by atoms with Gasteiger partial charge >= 0.3 is 0 Å². The summed E-state index contributed by atoms with van der Waals surface area (Å²) in [6.07, 6.45) is 0.325. The molecule has 0 amide bonds. The van der Waals surface area contributed by atoms with Crippen LogP contribution in [0, 0.1) is 0 Å². The molecule has 1 aromatic carbocycles. The lowest BCUT2D eigenvalue weighted by atomic mass is 10.3. The van der Waals surface area contributed by atoms with Crippen LogP contribution in [0.1, 0.15) is 6.42 Å². The van der Waals surface area contributed by atoms with Crippen LogP contribution in [0.5, 0.6) is 5.75 Å². The van der Waals surface area contributed by atoms with Crippen molar-refractivity contribution in [1.82, 2.24) is 0 Å². The lowest BCUT2D eigenvalue weighted by molar-refractivity contribution is 0.318. The topological polar surface area (TPSA) is 43.4 Å². The second-order valence-corrected chi connectivity index (χ2v) is 6.73. The average Bonchev–Trinajstić information content (AvgIpc) is 2.17. The first kappa shape index (κ1) is 13.9. The molecule has 0 unspecified atom stereocenters. The zero-order valence-electron chi connectivity index (χ0n) is 8.12. The molecule has 1 aromatic rings. The Morgan fingerprint density at radius 1 is 1.19 bits per heavy atom. The summed E-state index contributed by atoms with van der Waals surface area (Å²) in [5.74, 6) is 0.428. The molecule has 0 aliphatic heterocycles. The Labute approximate surface area is 109 Å². The highest BCUT2D eigenvalue weighted by Crippen LogP contribution is 2.26. The van der Waals surface area contributed by atoms with Crippen LogP contribution < -0.4 is 4.74 Å². The molecule has 0 aromatic heterocycles. The maximum atomic E-state index is 10.6. The molecular formula is C9H9Cl3O3S. The first-order valence-electron chi connectivity index (χ1n) is 4.39. The summed E-state index contributed by atoms with van der Waals surface area (Å²) in [6, 6.07) is 4.83. The second kappa shape index (κ2) is 5.96. The van der Waals surface area contributed by atoms with Gasteiger partial charge in [0.05, 0.1) is 22.4 Å². The Morgan fingerprint density at radius 2 is 1.88 bits per heavy atom. The number of hydrogen-bond acceptors (Lipinski definition) is 3. The lowest BCUT2D eigenvalue weighted by Crippen LogP contribution is -2.04. The minimum absolute atomic E-state index is 0.115. The van der Waals surface area contributed by atoms with Gasteiger partial charge in [0.25, 0.3) is 0 Å². The molecule has 3 nitrogen and oxygen atoms in total. The fourth-order valence-electron chi connectivity index (χ4n) is 0.988. The number of ether oxygens (including phenoxy) is 1. The van der Waals surface area contributed by atoms with E-state index in [2.05, 4.69) is 0 Å². The predicted molar refractivity (Wildman–Crippen MR) is 66.2 cm³/mol. The zero-order chi connectivity index (χ0) is 12.2. The van der Waals surface area contributed by atoms with Gasteiger partial charge < -0.3 is 4.74 Å². The number of rotatable bonds is 5.